The molecule has 0 saturated heterocycles. The maximum Gasteiger partial charge on any atom is 0.456 e. The second-order valence-electron chi connectivity index (χ2n) is 12.0. The van der Waals surface area contributed by atoms with Crippen LogP contribution in [0.2, 0.25) is 0 Å². The number of aromatic nitrogens is 5. The first kappa shape index (κ1) is 36.9. The molecule has 0 N–H and O–H groups in total. The van der Waals surface area contributed by atoms with Crippen LogP contribution >= 0.6 is 0 Å². The lowest BCUT2D eigenvalue weighted by molar-refractivity contribution is -0.290. The van der Waals surface area contributed by atoms with Crippen molar-refractivity contribution in [2.75, 3.05) is 39.4 Å². The molecule has 0 spiro atoms. The maximum atomic E-state index is 13.6. The normalized spacial score (nSPS) is 12.8. The van der Waals surface area contributed by atoms with Crippen molar-refractivity contribution in [1.29, 1.82) is 0 Å². The third-order valence-corrected chi connectivity index (χ3v) is 9.72. The van der Waals surface area contributed by atoms with Crippen LogP contribution in [0.3, 0.4) is 0 Å². The van der Waals surface area contributed by atoms with Crippen LogP contribution in [0.15, 0.2) is 30.6 Å². The number of carbonyl (C=O) groups is 1. The van der Waals surface area contributed by atoms with Gasteiger partial charge in [-0.05, 0) is 63.2 Å². The fraction of sp³-hybridized carbons (Fsp3) is 0.567. The summed E-state index contributed by atoms with van der Waals surface area (Å²) in [7, 11) is 1.40. The van der Waals surface area contributed by atoms with Crippen LogP contribution in [0.4, 0.5) is 22.0 Å². The summed E-state index contributed by atoms with van der Waals surface area (Å²) >= 11 is 0. The predicted molar refractivity (Wildman–Crippen MR) is 163 cm³/mol. The molecule has 0 bridgehead atoms. The molecule has 16 heteroatoms. The first-order valence-corrected chi connectivity index (χ1v) is 16.1. The summed E-state index contributed by atoms with van der Waals surface area (Å²) in [6, 6.07) is 4.42. The number of pyridine rings is 2. The molecule has 0 aromatic carbocycles. The fourth-order valence-electron chi connectivity index (χ4n) is 3.70. The van der Waals surface area contributed by atoms with E-state index >= 15 is 0 Å². The molecule has 0 unspecified atom stereocenters. The van der Waals surface area contributed by atoms with Crippen LogP contribution in [-0.2, 0) is 31.9 Å². The monoisotopic (exact) mass is 676 g/mol. The van der Waals surface area contributed by atoms with Crippen molar-refractivity contribution in [2.24, 2.45) is 5.41 Å². The molecule has 0 saturated carbocycles. The van der Waals surface area contributed by atoms with E-state index in [1.165, 1.54) is 13.3 Å². The molecule has 0 aliphatic carbocycles. The van der Waals surface area contributed by atoms with E-state index in [2.05, 4.69) is 46.4 Å². The van der Waals surface area contributed by atoms with Gasteiger partial charge in [0.1, 0.15) is 18.1 Å². The van der Waals surface area contributed by atoms with Gasteiger partial charge in [-0.1, -0.05) is 0 Å². The van der Waals surface area contributed by atoms with E-state index in [9.17, 15) is 26.7 Å². The molecule has 0 aliphatic heterocycles. The number of halogens is 5. The van der Waals surface area contributed by atoms with Crippen LogP contribution < -0.4 is 9.47 Å². The molecule has 3 rings (SSSR count). The van der Waals surface area contributed by atoms with Gasteiger partial charge in [-0.25, -0.2) is 4.98 Å². The highest BCUT2D eigenvalue weighted by atomic mass is 32.2. The van der Waals surface area contributed by atoms with Gasteiger partial charge in [0.15, 0.2) is 12.4 Å². The number of aryl methyl sites for hydroxylation is 1. The van der Waals surface area contributed by atoms with Crippen LogP contribution in [0.5, 0.6) is 11.9 Å². The smallest absolute Gasteiger partial charge is 0.456 e. The van der Waals surface area contributed by atoms with E-state index in [-0.39, 0.29) is 34.8 Å². The molecule has 0 aliphatic rings. The second kappa shape index (κ2) is 14.5. The molecule has 0 amide bonds. The standard InChI is InChI=1S/C30H39F5N5O5S/c1-19-13-23(44-16-27(2,3)25(41)42-6)37-15-21(19)22-10-9-20(14-36-22)24-38-26(45-17-29(31,32)30(33,34)35)40(39-24)18-43-12-11-28(4,5)46(7)8/h9-10,13-15H,11-12,16-18H2,1-8H3/q+1. The fourth-order valence-corrected chi connectivity index (χ4v) is 4.19. The SMILES string of the molecule is COC(=O)C(C)(C)COc1cc(C)c(-c2ccc(-c3nc(OCC(F)(F)C(F)(F)F)n(COCCC(C)(C)[S+](C)C)n3)cn2)cn1. The van der Waals surface area contributed by atoms with Gasteiger partial charge >= 0.3 is 24.1 Å². The van der Waals surface area contributed by atoms with Gasteiger partial charge in [0.25, 0.3) is 0 Å². The summed E-state index contributed by atoms with van der Waals surface area (Å²) in [5.41, 5.74) is 1.48. The Morgan fingerprint density at radius 2 is 1.67 bits per heavy atom. The topological polar surface area (TPSA) is 110 Å². The van der Waals surface area contributed by atoms with E-state index in [0.717, 1.165) is 10.2 Å². The van der Waals surface area contributed by atoms with Crippen molar-refractivity contribution in [3.8, 4) is 34.5 Å². The number of carbonyl (C=O) groups excluding carboxylic acids is 1. The van der Waals surface area contributed by atoms with Crippen LogP contribution in [0, 0.1) is 12.3 Å². The van der Waals surface area contributed by atoms with Gasteiger partial charge in [-0.3, -0.25) is 9.78 Å². The molecular formula is C30H39F5N5O5S+. The van der Waals surface area contributed by atoms with E-state index in [1.54, 1.807) is 38.2 Å². The number of alkyl halides is 5. The summed E-state index contributed by atoms with van der Waals surface area (Å²) in [6.45, 7) is 7.49. The number of methoxy groups -OCH3 is 1. The van der Waals surface area contributed by atoms with Gasteiger partial charge < -0.3 is 18.9 Å². The molecule has 3 aromatic rings. The molecule has 10 nitrogen and oxygen atoms in total. The van der Waals surface area contributed by atoms with Gasteiger partial charge in [0.2, 0.25) is 5.88 Å². The maximum absolute atomic E-state index is 13.6. The van der Waals surface area contributed by atoms with E-state index in [1.807, 2.05) is 6.92 Å². The minimum absolute atomic E-state index is 0.0104. The van der Waals surface area contributed by atoms with Crippen LogP contribution in [0.1, 0.15) is 39.7 Å². The highest BCUT2D eigenvalue weighted by molar-refractivity contribution is 7.96. The Morgan fingerprint density at radius 3 is 2.24 bits per heavy atom. The first-order chi connectivity index (χ1) is 21.3. The minimum Gasteiger partial charge on any atom is -0.476 e. The van der Waals surface area contributed by atoms with Crippen molar-refractivity contribution >= 4 is 16.9 Å². The molecule has 0 radical (unpaired) electrons. The number of esters is 1. The lowest BCUT2D eigenvalue weighted by atomic mass is 9.95. The molecular weight excluding hydrogens is 637 g/mol. The molecule has 0 fully saturated rings. The zero-order valence-corrected chi connectivity index (χ0v) is 27.8. The molecule has 3 heterocycles. The van der Waals surface area contributed by atoms with Gasteiger partial charge in [0, 0.05) is 36.0 Å². The van der Waals surface area contributed by atoms with Gasteiger partial charge in [0.05, 0.1) is 37.3 Å². The molecule has 254 valence electrons. The third kappa shape index (κ3) is 9.27. The zero-order valence-electron chi connectivity index (χ0n) is 27.0. The second-order valence-corrected chi connectivity index (χ2v) is 14.7. The number of ether oxygens (including phenoxy) is 4. The average Bonchev–Trinajstić information content (AvgIpc) is 3.39. The van der Waals surface area contributed by atoms with Gasteiger partial charge in [-0.15, -0.1) is 5.10 Å². The summed E-state index contributed by atoms with van der Waals surface area (Å²) in [6.07, 6.45) is 2.10. The number of rotatable bonds is 15. The highest BCUT2D eigenvalue weighted by Gasteiger charge is 2.58. The first-order valence-electron chi connectivity index (χ1n) is 14.1. The Morgan fingerprint density at radius 1 is 0.978 bits per heavy atom. The average molecular weight is 677 g/mol. The molecule has 46 heavy (non-hydrogen) atoms. The van der Waals surface area contributed by atoms with Crippen molar-refractivity contribution in [1.82, 2.24) is 24.7 Å². The molecule has 0 atom stereocenters. The Bertz CT molecular complexity index is 1480. The minimum atomic E-state index is -5.79. The summed E-state index contributed by atoms with van der Waals surface area (Å²) in [5, 5.41) is 4.23. The largest absolute Gasteiger partial charge is 0.476 e. The summed E-state index contributed by atoms with van der Waals surface area (Å²) in [5.74, 6) is -5.21. The predicted octanol–water partition coefficient (Wildman–Crippen LogP) is 5.89. The Balaban J connectivity index is 1.79. The summed E-state index contributed by atoms with van der Waals surface area (Å²) in [4.78, 5) is 24.7. The third-order valence-electron chi connectivity index (χ3n) is 7.30. The Kier molecular flexibility index (Phi) is 11.6. The van der Waals surface area contributed by atoms with Crippen molar-refractivity contribution in [3.05, 3.63) is 36.2 Å². The quantitative estimate of drug-likeness (QED) is 0.0843. The van der Waals surface area contributed by atoms with Crippen molar-refractivity contribution in [3.63, 3.8) is 0 Å². The zero-order chi connectivity index (χ0) is 34.5. The van der Waals surface area contributed by atoms with Crippen molar-refractivity contribution in [2.45, 2.75) is 64.6 Å². The van der Waals surface area contributed by atoms with Crippen LogP contribution in [0.25, 0.3) is 22.6 Å². The molecule has 3 aromatic heterocycles. The number of hydrogen-bond acceptors (Lipinski definition) is 9. The van der Waals surface area contributed by atoms with Crippen LogP contribution in [-0.4, -0.2) is 87.0 Å². The Hall–Kier alpha value is -3.53. The number of nitrogens with zero attached hydrogens (tertiary/aromatic N) is 5. The summed E-state index contributed by atoms with van der Waals surface area (Å²) < 4.78 is 87.5. The lowest BCUT2D eigenvalue weighted by Crippen LogP contribution is -2.42. The van der Waals surface area contributed by atoms with E-state index in [0.29, 0.717) is 35.7 Å². The number of hydrogen-bond donors (Lipinski definition) is 0. The lowest BCUT2D eigenvalue weighted by Gasteiger charge is -2.21. The Labute approximate surface area is 267 Å². The van der Waals surface area contributed by atoms with E-state index < -0.39 is 36.1 Å². The van der Waals surface area contributed by atoms with Crippen molar-refractivity contribution < 1.29 is 45.7 Å². The highest BCUT2D eigenvalue weighted by Crippen LogP contribution is 2.36. The van der Waals surface area contributed by atoms with Gasteiger partial charge in [-0.2, -0.15) is 31.6 Å². The van der Waals surface area contributed by atoms with E-state index in [4.69, 9.17) is 18.9 Å².